The lowest BCUT2D eigenvalue weighted by Gasteiger charge is -1.96. The van der Waals surface area contributed by atoms with Gasteiger partial charge in [-0.3, -0.25) is 0 Å². The standard InChI is InChI=1S/C7H7BrN2S/c8-5-1-7(11-4-5)2-6(10)3-9/h1,4,6H,2,10H2. The van der Waals surface area contributed by atoms with Crippen molar-refractivity contribution in [2.45, 2.75) is 12.5 Å². The molecule has 58 valence electrons. The molecule has 0 radical (unpaired) electrons. The Balaban J connectivity index is 2.59. The summed E-state index contributed by atoms with van der Waals surface area (Å²) in [6.07, 6.45) is 0.646. The molecule has 0 aliphatic carbocycles. The summed E-state index contributed by atoms with van der Waals surface area (Å²) < 4.78 is 1.06. The summed E-state index contributed by atoms with van der Waals surface area (Å²) in [6, 6.07) is 3.61. The first-order valence-electron chi connectivity index (χ1n) is 3.10. The summed E-state index contributed by atoms with van der Waals surface area (Å²) in [5, 5.41) is 10.4. The number of nitrogens with two attached hydrogens (primary N) is 1. The first-order valence-corrected chi connectivity index (χ1v) is 4.77. The molecule has 11 heavy (non-hydrogen) atoms. The normalized spacial score (nSPS) is 12.5. The van der Waals surface area contributed by atoms with Gasteiger partial charge in [0, 0.05) is 21.2 Å². The smallest absolute Gasteiger partial charge is 0.0976 e. The highest BCUT2D eigenvalue weighted by Gasteiger charge is 2.03. The molecule has 1 atom stereocenters. The maximum Gasteiger partial charge on any atom is 0.0976 e. The fourth-order valence-corrected chi connectivity index (χ4v) is 2.23. The molecule has 0 saturated heterocycles. The van der Waals surface area contributed by atoms with E-state index in [4.69, 9.17) is 11.0 Å². The van der Waals surface area contributed by atoms with Crippen molar-refractivity contribution >= 4 is 27.3 Å². The van der Waals surface area contributed by atoms with E-state index < -0.39 is 0 Å². The van der Waals surface area contributed by atoms with Crippen LogP contribution in [0.2, 0.25) is 0 Å². The second kappa shape index (κ2) is 3.86. The Bertz CT molecular complexity index is 276. The van der Waals surface area contributed by atoms with E-state index in [2.05, 4.69) is 15.9 Å². The van der Waals surface area contributed by atoms with Gasteiger partial charge in [0.2, 0.25) is 0 Å². The number of hydrogen-bond donors (Lipinski definition) is 1. The van der Waals surface area contributed by atoms with E-state index in [0.717, 1.165) is 9.35 Å². The minimum absolute atomic E-state index is 0.374. The van der Waals surface area contributed by atoms with Crippen molar-refractivity contribution < 1.29 is 0 Å². The van der Waals surface area contributed by atoms with Gasteiger partial charge in [0.15, 0.2) is 0 Å². The summed E-state index contributed by atoms with van der Waals surface area (Å²) in [7, 11) is 0. The van der Waals surface area contributed by atoms with E-state index in [1.807, 2.05) is 17.5 Å². The zero-order valence-electron chi connectivity index (χ0n) is 5.75. The Kier molecular flexibility index (Phi) is 3.06. The Morgan fingerprint density at radius 2 is 2.55 bits per heavy atom. The largest absolute Gasteiger partial charge is 0.316 e. The molecule has 0 bridgehead atoms. The van der Waals surface area contributed by atoms with Crippen molar-refractivity contribution in [2.75, 3.05) is 0 Å². The SMILES string of the molecule is N#CC(N)Cc1cc(Br)cs1. The second-order valence-electron chi connectivity index (χ2n) is 2.17. The number of halogens is 1. The molecule has 1 unspecified atom stereocenters. The topological polar surface area (TPSA) is 49.8 Å². The first-order chi connectivity index (χ1) is 5.22. The van der Waals surface area contributed by atoms with Crippen LogP contribution in [-0.4, -0.2) is 6.04 Å². The molecule has 0 aliphatic heterocycles. The highest BCUT2D eigenvalue weighted by molar-refractivity contribution is 9.10. The third-order valence-electron chi connectivity index (χ3n) is 1.21. The van der Waals surface area contributed by atoms with Crippen molar-refractivity contribution in [2.24, 2.45) is 5.73 Å². The van der Waals surface area contributed by atoms with E-state index in [1.165, 1.54) is 0 Å². The second-order valence-corrected chi connectivity index (χ2v) is 4.08. The Morgan fingerprint density at radius 3 is 3.00 bits per heavy atom. The van der Waals surface area contributed by atoms with E-state index in [1.54, 1.807) is 11.3 Å². The molecule has 0 spiro atoms. The third-order valence-corrected chi connectivity index (χ3v) is 2.93. The molecule has 2 N–H and O–H groups in total. The Hall–Kier alpha value is -0.370. The number of thiophene rings is 1. The van der Waals surface area contributed by atoms with E-state index >= 15 is 0 Å². The predicted octanol–water partition coefficient (Wildman–Crippen LogP) is 1.90. The van der Waals surface area contributed by atoms with Crippen LogP contribution in [0.1, 0.15) is 4.88 Å². The van der Waals surface area contributed by atoms with Crippen molar-refractivity contribution in [3.8, 4) is 6.07 Å². The molecule has 0 aromatic carbocycles. The minimum atomic E-state index is -0.374. The molecule has 2 nitrogen and oxygen atoms in total. The van der Waals surface area contributed by atoms with Crippen LogP contribution < -0.4 is 5.73 Å². The van der Waals surface area contributed by atoms with Crippen LogP contribution in [0.3, 0.4) is 0 Å². The monoisotopic (exact) mass is 230 g/mol. The molecule has 0 aliphatic rings. The van der Waals surface area contributed by atoms with Gasteiger partial charge in [0.05, 0.1) is 12.1 Å². The van der Waals surface area contributed by atoms with Gasteiger partial charge in [-0.25, -0.2) is 0 Å². The summed E-state index contributed by atoms with van der Waals surface area (Å²) >= 11 is 4.95. The van der Waals surface area contributed by atoms with E-state index in [9.17, 15) is 0 Å². The van der Waals surface area contributed by atoms with Gasteiger partial charge in [-0.15, -0.1) is 11.3 Å². The van der Waals surface area contributed by atoms with E-state index in [0.29, 0.717) is 6.42 Å². The van der Waals surface area contributed by atoms with Gasteiger partial charge >= 0.3 is 0 Å². The maximum atomic E-state index is 8.42. The molecule has 1 rings (SSSR count). The highest BCUT2D eigenvalue weighted by atomic mass is 79.9. The quantitative estimate of drug-likeness (QED) is 0.845. The van der Waals surface area contributed by atoms with Crippen molar-refractivity contribution in [1.82, 2.24) is 0 Å². The van der Waals surface area contributed by atoms with E-state index in [-0.39, 0.29) is 6.04 Å². The van der Waals surface area contributed by atoms with Crippen molar-refractivity contribution in [1.29, 1.82) is 5.26 Å². The van der Waals surface area contributed by atoms with Crippen molar-refractivity contribution in [3.05, 3.63) is 20.8 Å². The van der Waals surface area contributed by atoms with Gasteiger partial charge in [-0.05, 0) is 22.0 Å². The molecule has 1 aromatic heterocycles. The zero-order chi connectivity index (χ0) is 8.27. The molecule has 1 aromatic rings. The molecule has 1 heterocycles. The van der Waals surface area contributed by atoms with Gasteiger partial charge in [-0.2, -0.15) is 5.26 Å². The molecule has 0 fully saturated rings. The number of rotatable bonds is 2. The van der Waals surface area contributed by atoms with Crippen LogP contribution in [0.5, 0.6) is 0 Å². The lowest BCUT2D eigenvalue weighted by molar-refractivity contribution is 0.834. The highest BCUT2D eigenvalue weighted by Crippen LogP contribution is 2.20. The molecule has 4 heteroatoms. The van der Waals surface area contributed by atoms with Gasteiger partial charge in [-0.1, -0.05) is 0 Å². The summed E-state index contributed by atoms with van der Waals surface area (Å²) in [5.41, 5.74) is 5.44. The Morgan fingerprint density at radius 1 is 1.82 bits per heavy atom. The average Bonchev–Trinajstić information content (AvgIpc) is 2.35. The predicted molar refractivity (Wildman–Crippen MR) is 49.3 cm³/mol. The fraction of sp³-hybridized carbons (Fsp3) is 0.286. The van der Waals surface area contributed by atoms with Gasteiger partial charge < -0.3 is 5.73 Å². The van der Waals surface area contributed by atoms with Crippen LogP contribution in [0, 0.1) is 11.3 Å². The van der Waals surface area contributed by atoms with Crippen LogP contribution in [0.4, 0.5) is 0 Å². The molecular weight excluding hydrogens is 224 g/mol. The van der Waals surface area contributed by atoms with Crippen LogP contribution in [0.15, 0.2) is 15.9 Å². The minimum Gasteiger partial charge on any atom is -0.316 e. The third kappa shape index (κ3) is 2.62. The van der Waals surface area contributed by atoms with Crippen LogP contribution in [0.25, 0.3) is 0 Å². The summed E-state index contributed by atoms with van der Waals surface area (Å²) in [4.78, 5) is 1.14. The molecule has 0 amide bonds. The molecule has 0 saturated carbocycles. The van der Waals surface area contributed by atoms with Crippen molar-refractivity contribution in [3.63, 3.8) is 0 Å². The number of hydrogen-bond acceptors (Lipinski definition) is 3. The number of nitriles is 1. The van der Waals surface area contributed by atoms with Gasteiger partial charge in [0.25, 0.3) is 0 Å². The Labute approximate surface area is 77.8 Å². The lowest BCUT2D eigenvalue weighted by Crippen LogP contribution is -2.19. The maximum absolute atomic E-state index is 8.42. The summed E-state index contributed by atoms with van der Waals surface area (Å²) in [6.45, 7) is 0. The fourth-order valence-electron chi connectivity index (χ4n) is 0.723. The average molecular weight is 231 g/mol. The summed E-state index contributed by atoms with van der Waals surface area (Å²) in [5.74, 6) is 0. The van der Waals surface area contributed by atoms with Crippen LogP contribution >= 0.6 is 27.3 Å². The van der Waals surface area contributed by atoms with Gasteiger partial charge in [0.1, 0.15) is 0 Å². The van der Waals surface area contributed by atoms with Crippen LogP contribution in [-0.2, 0) is 6.42 Å². The first kappa shape index (κ1) is 8.72. The molecular formula is C7H7BrN2S. The lowest BCUT2D eigenvalue weighted by atomic mass is 10.2. The number of nitrogens with zero attached hydrogens (tertiary/aromatic N) is 1. The zero-order valence-corrected chi connectivity index (χ0v) is 8.15.